The summed E-state index contributed by atoms with van der Waals surface area (Å²) >= 11 is 0. The standard InChI is InChI=1S/C25H21F8NO3S/c26-17-5-7-18(8-6-17)38(36,37)22-11-12-34(21(35)14-1-2-14)20(22)10-3-15-13-16(4-9-19(15)22)23(27,24(28,29)30)25(31,32)33/h4-9,13-14,20H,1-3,10-12H2/t20-,22-/m0/s1. The maximum absolute atomic E-state index is 14.8. The molecule has 1 saturated heterocycles. The minimum atomic E-state index is -6.32. The molecule has 0 N–H and O–H groups in total. The number of hydrogen-bond donors (Lipinski definition) is 0. The van der Waals surface area contributed by atoms with E-state index in [4.69, 9.17) is 0 Å². The van der Waals surface area contributed by atoms with Crippen molar-refractivity contribution in [3.05, 3.63) is 65.0 Å². The fraction of sp³-hybridized carbons (Fsp3) is 0.480. The van der Waals surface area contributed by atoms with Gasteiger partial charge in [-0.2, -0.15) is 26.3 Å². The molecular formula is C25H21F8NO3S. The molecule has 38 heavy (non-hydrogen) atoms. The van der Waals surface area contributed by atoms with Gasteiger partial charge in [0.1, 0.15) is 10.6 Å². The van der Waals surface area contributed by atoms with E-state index >= 15 is 0 Å². The first-order valence-electron chi connectivity index (χ1n) is 11.8. The molecule has 1 aliphatic heterocycles. The van der Waals surface area contributed by atoms with E-state index in [9.17, 15) is 48.3 Å². The molecule has 2 aliphatic carbocycles. The highest BCUT2D eigenvalue weighted by Gasteiger charge is 2.74. The summed E-state index contributed by atoms with van der Waals surface area (Å²) < 4.78 is 135. The van der Waals surface area contributed by atoms with Crippen LogP contribution >= 0.6 is 0 Å². The van der Waals surface area contributed by atoms with Gasteiger partial charge in [-0.15, -0.1) is 0 Å². The largest absolute Gasteiger partial charge is 0.435 e. The van der Waals surface area contributed by atoms with Gasteiger partial charge in [0.05, 0.1) is 10.9 Å². The van der Waals surface area contributed by atoms with Crippen LogP contribution in [0.25, 0.3) is 0 Å². The summed E-state index contributed by atoms with van der Waals surface area (Å²) in [4.78, 5) is 14.1. The van der Waals surface area contributed by atoms with E-state index in [0.717, 1.165) is 30.3 Å². The first kappa shape index (κ1) is 26.9. The summed E-state index contributed by atoms with van der Waals surface area (Å²) in [5.41, 5.74) is -7.63. The van der Waals surface area contributed by atoms with Crippen molar-refractivity contribution < 1.29 is 48.3 Å². The number of rotatable bonds is 4. The van der Waals surface area contributed by atoms with Gasteiger partial charge in [0.2, 0.25) is 5.91 Å². The number of halogens is 8. The summed E-state index contributed by atoms with van der Waals surface area (Å²) in [6, 6.07) is 4.46. The van der Waals surface area contributed by atoms with E-state index in [1.54, 1.807) is 0 Å². The minimum Gasteiger partial charge on any atom is -0.337 e. The number of nitrogens with zero attached hydrogens (tertiary/aromatic N) is 1. The summed E-state index contributed by atoms with van der Waals surface area (Å²) in [5, 5.41) is 0. The molecule has 2 fully saturated rings. The number of likely N-dealkylation sites (tertiary alicyclic amines) is 1. The first-order valence-corrected chi connectivity index (χ1v) is 13.3. The molecule has 3 aliphatic rings. The summed E-state index contributed by atoms with van der Waals surface area (Å²) in [5.74, 6) is -1.25. The molecule has 2 aromatic carbocycles. The number of aryl methyl sites for hydroxylation is 1. The number of carbonyl (C=O) groups is 1. The maximum atomic E-state index is 14.8. The van der Waals surface area contributed by atoms with Gasteiger partial charge in [-0.1, -0.05) is 18.2 Å². The molecule has 1 heterocycles. The zero-order valence-electron chi connectivity index (χ0n) is 19.5. The minimum absolute atomic E-state index is 0.000231. The van der Waals surface area contributed by atoms with Crippen LogP contribution in [0.3, 0.4) is 0 Å². The average Bonchev–Trinajstić information content (AvgIpc) is 3.60. The number of sulfone groups is 1. The maximum Gasteiger partial charge on any atom is 0.435 e. The van der Waals surface area contributed by atoms with E-state index in [0.29, 0.717) is 25.0 Å². The Kier molecular flexibility index (Phi) is 5.94. The second kappa shape index (κ2) is 8.40. The van der Waals surface area contributed by atoms with E-state index in [2.05, 4.69) is 0 Å². The summed E-state index contributed by atoms with van der Waals surface area (Å²) in [7, 11) is -4.47. The second-order valence-corrected chi connectivity index (χ2v) is 12.2. The number of carbonyl (C=O) groups excluding carboxylic acids is 1. The number of alkyl halides is 7. The monoisotopic (exact) mass is 567 g/mol. The van der Waals surface area contributed by atoms with Crippen LogP contribution in [0.1, 0.15) is 42.4 Å². The average molecular weight is 567 g/mol. The topological polar surface area (TPSA) is 54.5 Å². The predicted molar refractivity (Wildman–Crippen MR) is 118 cm³/mol. The third-order valence-electron chi connectivity index (χ3n) is 7.88. The molecule has 0 aromatic heterocycles. The molecule has 2 atom stereocenters. The lowest BCUT2D eigenvalue weighted by atomic mass is 9.76. The third kappa shape index (κ3) is 3.67. The van der Waals surface area contributed by atoms with E-state index in [-0.39, 0.29) is 53.7 Å². The summed E-state index contributed by atoms with van der Waals surface area (Å²) in [6.45, 7) is -0.000231. The molecule has 5 rings (SSSR count). The van der Waals surface area contributed by atoms with Crippen molar-refractivity contribution in [1.82, 2.24) is 4.90 Å². The van der Waals surface area contributed by atoms with Crippen LogP contribution in [0.4, 0.5) is 35.1 Å². The number of amides is 1. The zero-order chi connectivity index (χ0) is 27.9. The highest BCUT2D eigenvalue weighted by molar-refractivity contribution is 7.92. The predicted octanol–water partition coefficient (Wildman–Crippen LogP) is 5.74. The van der Waals surface area contributed by atoms with Gasteiger partial charge >= 0.3 is 18.0 Å². The fourth-order valence-electron chi connectivity index (χ4n) is 5.88. The molecule has 1 amide bonds. The van der Waals surface area contributed by atoms with Gasteiger partial charge < -0.3 is 4.90 Å². The Hall–Kier alpha value is -2.70. The molecule has 0 bridgehead atoms. The van der Waals surface area contributed by atoms with Crippen LogP contribution in [-0.2, 0) is 31.5 Å². The lowest BCUT2D eigenvalue weighted by molar-refractivity contribution is -0.348. The molecule has 0 radical (unpaired) electrons. The Bertz CT molecular complexity index is 1370. The highest BCUT2D eigenvalue weighted by atomic mass is 32.2. The van der Waals surface area contributed by atoms with Gasteiger partial charge in [-0.3, -0.25) is 4.79 Å². The quantitative estimate of drug-likeness (QED) is 0.350. The molecule has 13 heteroatoms. The third-order valence-corrected chi connectivity index (χ3v) is 10.4. The number of fused-ring (bicyclic) bond motifs is 3. The molecule has 4 nitrogen and oxygen atoms in total. The van der Waals surface area contributed by atoms with Crippen LogP contribution in [0, 0.1) is 11.7 Å². The molecule has 0 unspecified atom stereocenters. The Morgan fingerprint density at radius 2 is 1.50 bits per heavy atom. The first-order chi connectivity index (χ1) is 17.6. The van der Waals surface area contributed by atoms with Crippen molar-refractivity contribution >= 4 is 15.7 Å². The van der Waals surface area contributed by atoms with Crippen LogP contribution in [-0.4, -0.2) is 44.2 Å². The van der Waals surface area contributed by atoms with Crippen LogP contribution in [0.15, 0.2) is 47.4 Å². The summed E-state index contributed by atoms with van der Waals surface area (Å²) in [6.07, 6.45) is -11.8. The van der Waals surface area contributed by atoms with Gasteiger partial charge in [0, 0.05) is 18.0 Å². The zero-order valence-corrected chi connectivity index (χ0v) is 20.4. The van der Waals surface area contributed by atoms with Crippen molar-refractivity contribution in [2.24, 2.45) is 5.92 Å². The number of benzene rings is 2. The van der Waals surface area contributed by atoms with E-state index < -0.39 is 50.0 Å². The van der Waals surface area contributed by atoms with Gasteiger partial charge in [-0.25, -0.2) is 17.2 Å². The Balaban J connectivity index is 1.70. The Morgan fingerprint density at radius 1 is 0.895 bits per heavy atom. The van der Waals surface area contributed by atoms with E-state index in [1.165, 1.54) is 4.90 Å². The molecule has 1 saturated carbocycles. The molecule has 2 aromatic rings. The van der Waals surface area contributed by atoms with Gasteiger partial charge in [0.25, 0.3) is 0 Å². The van der Waals surface area contributed by atoms with Crippen LogP contribution in [0.5, 0.6) is 0 Å². The van der Waals surface area contributed by atoms with Gasteiger partial charge in [0.15, 0.2) is 9.84 Å². The highest BCUT2D eigenvalue weighted by Crippen LogP contribution is 2.57. The molecule has 206 valence electrons. The smallest absolute Gasteiger partial charge is 0.337 e. The van der Waals surface area contributed by atoms with Crippen molar-refractivity contribution in [3.8, 4) is 0 Å². The number of hydrogen-bond acceptors (Lipinski definition) is 3. The molecular weight excluding hydrogens is 546 g/mol. The van der Waals surface area contributed by atoms with E-state index in [1.807, 2.05) is 0 Å². The Labute approximate surface area is 212 Å². The Morgan fingerprint density at radius 3 is 2.05 bits per heavy atom. The lowest BCUT2D eigenvalue weighted by Crippen LogP contribution is -2.53. The van der Waals surface area contributed by atoms with Crippen LogP contribution in [0.2, 0.25) is 0 Å². The lowest BCUT2D eigenvalue weighted by Gasteiger charge is -2.43. The molecule has 0 spiro atoms. The van der Waals surface area contributed by atoms with Crippen molar-refractivity contribution in [1.29, 1.82) is 0 Å². The van der Waals surface area contributed by atoms with Crippen molar-refractivity contribution in [3.63, 3.8) is 0 Å². The fourth-order valence-corrected chi connectivity index (χ4v) is 8.25. The van der Waals surface area contributed by atoms with Crippen molar-refractivity contribution in [2.45, 2.75) is 65.8 Å². The SMILES string of the molecule is O=C(C1CC1)N1CC[C@]2(S(=O)(=O)c3ccc(F)cc3)c3ccc(C(F)(C(F)(F)F)C(F)(F)F)cc3CC[C@H]12. The van der Waals surface area contributed by atoms with Crippen LogP contribution < -0.4 is 0 Å². The second-order valence-electron chi connectivity index (χ2n) is 9.98. The normalized spacial score (nSPS) is 24.2. The van der Waals surface area contributed by atoms with Crippen molar-refractivity contribution in [2.75, 3.05) is 6.54 Å². The van der Waals surface area contributed by atoms with Gasteiger partial charge in [-0.05, 0) is 67.5 Å².